The third kappa shape index (κ3) is 7.74. The van der Waals surface area contributed by atoms with Crippen molar-refractivity contribution in [1.29, 1.82) is 0 Å². The van der Waals surface area contributed by atoms with Crippen molar-refractivity contribution in [2.24, 2.45) is 5.92 Å². The number of rotatable bonds is 8. The molecule has 1 saturated heterocycles. The van der Waals surface area contributed by atoms with Crippen molar-refractivity contribution in [2.45, 2.75) is 45.6 Å². The van der Waals surface area contributed by atoms with Crippen molar-refractivity contribution in [1.82, 2.24) is 10.2 Å². The maximum atomic E-state index is 5.89. The van der Waals surface area contributed by atoms with E-state index in [0.717, 1.165) is 32.2 Å². The molecule has 1 aliphatic rings. The number of piperidine rings is 1. The van der Waals surface area contributed by atoms with Crippen LogP contribution in [-0.2, 0) is 4.74 Å². The number of hydrogen-bond acceptors (Lipinski definition) is 3. The van der Waals surface area contributed by atoms with Crippen molar-refractivity contribution in [3.63, 3.8) is 0 Å². The Labute approximate surface area is 107 Å². The third-order valence-corrected chi connectivity index (χ3v) is 3.41. The standard InChI is InChI=1S/C14H30N2O/c1-13(2)7-11-16(3)10-4-12-17-14-5-8-15-9-6-14/h13-15H,4-12H2,1-3H3. The Balaban J connectivity index is 1.92. The molecule has 0 aromatic heterocycles. The van der Waals surface area contributed by atoms with Gasteiger partial charge in [-0.2, -0.15) is 0 Å². The lowest BCUT2D eigenvalue weighted by Gasteiger charge is -2.23. The summed E-state index contributed by atoms with van der Waals surface area (Å²) in [7, 11) is 2.22. The first-order valence-corrected chi connectivity index (χ1v) is 7.19. The smallest absolute Gasteiger partial charge is 0.0599 e. The summed E-state index contributed by atoms with van der Waals surface area (Å²) in [5.41, 5.74) is 0. The minimum Gasteiger partial charge on any atom is -0.378 e. The summed E-state index contributed by atoms with van der Waals surface area (Å²) in [6.45, 7) is 10.1. The second-order valence-electron chi connectivity index (χ2n) is 5.66. The number of ether oxygens (including phenoxy) is 1. The SMILES string of the molecule is CC(C)CCN(C)CCCOC1CCNCC1. The number of nitrogens with zero attached hydrogens (tertiary/aromatic N) is 1. The van der Waals surface area contributed by atoms with Crippen LogP contribution >= 0.6 is 0 Å². The van der Waals surface area contributed by atoms with Gasteiger partial charge in [0.05, 0.1) is 6.10 Å². The van der Waals surface area contributed by atoms with E-state index in [0.29, 0.717) is 6.10 Å². The van der Waals surface area contributed by atoms with Crippen molar-refractivity contribution in [2.75, 3.05) is 39.8 Å². The molecule has 102 valence electrons. The van der Waals surface area contributed by atoms with E-state index in [1.54, 1.807) is 0 Å². The minimum absolute atomic E-state index is 0.511. The summed E-state index contributed by atoms with van der Waals surface area (Å²) >= 11 is 0. The predicted molar refractivity (Wildman–Crippen MR) is 73.4 cm³/mol. The summed E-state index contributed by atoms with van der Waals surface area (Å²) in [5, 5.41) is 3.36. The van der Waals surface area contributed by atoms with Gasteiger partial charge in [0.2, 0.25) is 0 Å². The van der Waals surface area contributed by atoms with Crippen LogP contribution in [0.1, 0.15) is 39.5 Å². The normalized spacial score (nSPS) is 18.2. The minimum atomic E-state index is 0.511. The third-order valence-electron chi connectivity index (χ3n) is 3.41. The Kier molecular flexibility index (Phi) is 7.82. The molecule has 0 atom stereocenters. The number of hydrogen-bond donors (Lipinski definition) is 1. The Bertz CT molecular complexity index is 179. The van der Waals surface area contributed by atoms with Gasteiger partial charge >= 0.3 is 0 Å². The van der Waals surface area contributed by atoms with Gasteiger partial charge in [-0.1, -0.05) is 13.8 Å². The molecule has 0 saturated carbocycles. The highest BCUT2D eigenvalue weighted by atomic mass is 16.5. The van der Waals surface area contributed by atoms with Crippen molar-refractivity contribution < 1.29 is 4.74 Å². The second kappa shape index (κ2) is 8.90. The van der Waals surface area contributed by atoms with Crippen LogP contribution in [0.2, 0.25) is 0 Å². The van der Waals surface area contributed by atoms with E-state index in [1.165, 1.54) is 32.2 Å². The van der Waals surface area contributed by atoms with E-state index in [1.807, 2.05) is 0 Å². The van der Waals surface area contributed by atoms with Crippen molar-refractivity contribution in [3.05, 3.63) is 0 Å². The van der Waals surface area contributed by atoms with Crippen LogP contribution in [0.5, 0.6) is 0 Å². The zero-order valence-electron chi connectivity index (χ0n) is 11.9. The highest BCUT2D eigenvalue weighted by Crippen LogP contribution is 2.07. The zero-order valence-corrected chi connectivity index (χ0v) is 11.9. The Morgan fingerprint density at radius 1 is 1.24 bits per heavy atom. The maximum Gasteiger partial charge on any atom is 0.0599 e. The van der Waals surface area contributed by atoms with Gasteiger partial charge in [-0.3, -0.25) is 0 Å². The molecule has 0 aromatic rings. The fourth-order valence-corrected chi connectivity index (χ4v) is 2.14. The lowest BCUT2D eigenvalue weighted by atomic mass is 10.1. The zero-order chi connectivity index (χ0) is 12.5. The van der Waals surface area contributed by atoms with Crippen LogP contribution in [0.3, 0.4) is 0 Å². The first kappa shape index (κ1) is 14.9. The molecule has 0 bridgehead atoms. The van der Waals surface area contributed by atoms with Crippen molar-refractivity contribution in [3.8, 4) is 0 Å². The highest BCUT2D eigenvalue weighted by molar-refractivity contribution is 4.68. The van der Waals surface area contributed by atoms with Gasteiger partial charge in [0, 0.05) is 13.2 Å². The second-order valence-corrected chi connectivity index (χ2v) is 5.66. The average Bonchev–Trinajstić information content (AvgIpc) is 2.33. The summed E-state index contributed by atoms with van der Waals surface area (Å²) in [5.74, 6) is 0.809. The van der Waals surface area contributed by atoms with Crippen LogP contribution in [0.4, 0.5) is 0 Å². The molecular weight excluding hydrogens is 212 g/mol. The summed E-state index contributed by atoms with van der Waals surface area (Å²) in [4.78, 5) is 2.42. The van der Waals surface area contributed by atoms with E-state index >= 15 is 0 Å². The molecule has 0 unspecified atom stereocenters. The molecule has 0 aliphatic carbocycles. The first-order valence-electron chi connectivity index (χ1n) is 7.19. The van der Waals surface area contributed by atoms with Crippen LogP contribution < -0.4 is 5.32 Å². The largest absolute Gasteiger partial charge is 0.378 e. The van der Waals surface area contributed by atoms with E-state index < -0.39 is 0 Å². The molecule has 0 spiro atoms. The van der Waals surface area contributed by atoms with Gasteiger partial charge in [-0.15, -0.1) is 0 Å². The van der Waals surface area contributed by atoms with Gasteiger partial charge in [0.25, 0.3) is 0 Å². The highest BCUT2D eigenvalue weighted by Gasteiger charge is 2.12. The Hall–Kier alpha value is -0.120. The van der Waals surface area contributed by atoms with Gasteiger partial charge in [0.15, 0.2) is 0 Å². The van der Waals surface area contributed by atoms with Crippen LogP contribution in [0.25, 0.3) is 0 Å². The lowest BCUT2D eigenvalue weighted by molar-refractivity contribution is 0.0285. The van der Waals surface area contributed by atoms with Gasteiger partial charge in [-0.25, -0.2) is 0 Å². The summed E-state index contributed by atoms with van der Waals surface area (Å²) < 4.78 is 5.89. The van der Waals surface area contributed by atoms with E-state index in [4.69, 9.17) is 4.74 Å². The molecule has 1 rings (SSSR count). The van der Waals surface area contributed by atoms with Crippen LogP contribution in [-0.4, -0.2) is 50.8 Å². The molecule has 0 amide bonds. The maximum absolute atomic E-state index is 5.89. The Morgan fingerprint density at radius 3 is 2.59 bits per heavy atom. The molecule has 1 heterocycles. The molecule has 3 nitrogen and oxygen atoms in total. The molecule has 1 aliphatic heterocycles. The van der Waals surface area contributed by atoms with Gasteiger partial charge < -0.3 is 15.0 Å². The first-order chi connectivity index (χ1) is 8.18. The van der Waals surface area contributed by atoms with E-state index in [-0.39, 0.29) is 0 Å². The summed E-state index contributed by atoms with van der Waals surface area (Å²) in [6.07, 6.45) is 5.34. The molecule has 0 radical (unpaired) electrons. The van der Waals surface area contributed by atoms with Crippen LogP contribution in [0, 0.1) is 5.92 Å². The monoisotopic (exact) mass is 242 g/mol. The van der Waals surface area contributed by atoms with Gasteiger partial charge in [-0.05, 0) is 58.3 Å². The van der Waals surface area contributed by atoms with Crippen LogP contribution in [0.15, 0.2) is 0 Å². The molecule has 17 heavy (non-hydrogen) atoms. The van der Waals surface area contributed by atoms with E-state index in [9.17, 15) is 0 Å². The predicted octanol–water partition coefficient (Wildman–Crippen LogP) is 2.12. The lowest BCUT2D eigenvalue weighted by Crippen LogP contribution is -2.33. The fourth-order valence-electron chi connectivity index (χ4n) is 2.14. The fraction of sp³-hybridized carbons (Fsp3) is 1.00. The molecule has 0 aromatic carbocycles. The van der Waals surface area contributed by atoms with Crippen molar-refractivity contribution >= 4 is 0 Å². The van der Waals surface area contributed by atoms with E-state index in [2.05, 4.69) is 31.1 Å². The molecule has 3 heteroatoms. The molecule has 1 fully saturated rings. The average molecular weight is 242 g/mol. The van der Waals surface area contributed by atoms with Gasteiger partial charge in [0.1, 0.15) is 0 Å². The quantitative estimate of drug-likeness (QED) is 0.660. The molecular formula is C14H30N2O. The topological polar surface area (TPSA) is 24.5 Å². The summed E-state index contributed by atoms with van der Waals surface area (Å²) in [6, 6.07) is 0. The Morgan fingerprint density at radius 2 is 1.94 bits per heavy atom. The molecule has 1 N–H and O–H groups in total. The number of nitrogens with one attached hydrogen (secondary N) is 1.